The Bertz CT molecular complexity index is 872. The Kier molecular flexibility index (Phi) is 3.94. The van der Waals surface area contributed by atoms with Crippen LogP contribution in [0.15, 0.2) is 40.9 Å². The van der Waals surface area contributed by atoms with Crippen molar-refractivity contribution in [3.8, 4) is 0 Å². The number of thiazole rings is 1. The van der Waals surface area contributed by atoms with Crippen LogP contribution in [0.1, 0.15) is 5.69 Å². The Hall–Kier alpha value is -1.48. The van der Waals surface area contributed by atoms with Gasteiger partial charge in [0.1, 0.15) is 6.33 Å². The molecule has 1 N–H and O–H groups in total. The summed E-state index contributed by atoms with van der Waals surface area (Å²) >= 11 is 7.28. The van der Waals surface area contributed by atoms with Gasteiger partial charge in [0.05, 0.1) is 4.90 Å². The fraction of sp³-hybridized carbons (Fsp3) is 0.167. The van der Waals surface area contributed by atoms with Gasteiger partial charge in [0.25, 0.3) is 0 Å². The van der Waals surface area contributed by atoms with Gasteiger partial charge in [0, 0.05) is 29.1 Å². The maximum Gasteiger partial charge on any atom is 0.240 e. The molecule has 0 amide bonds. The fourth-order valence-electron chi connectivity index (χ4n) is 1.89. The maximum atomic E-state index is 12.1. The van der Waals surface area contributed by atoms with E-state index in [1.807, 2.05) is 9.78 Å². The standard InChI is InChI=1S/C12H11ClN4O2S2/c13-9-2-1-3-11(6-9)21(18,19)15-5-4-10-7-20-12-16-14-8-17(10)12/h1-3,6-8,15H,4-5H2. The molecule has 9 heteroatoms. The van der Waals surface area contributed by atoms with Crippen LogP contribution < -0.4 is 4.72 Å². The van der Waals surface area contributed by atoms with E-state index in [-0.39, 0.29) is 4.90 Å². The summed E-state index contributed by atoms with van der Waals surface area (Å²) in [5, 5.41) is 10.1. The van der Waals surface area contributed by atoms with Crippen molar-refractivity contribution in [2.24, 2.45) is 0 Å². The molecular weight excluding hydrogens is 332 g/mol. The summed E-state index contributed by atoms with van der Waals surface area (Å²) in [4.78, 5) is 0.956. The van der Waals surface area contributed by atoms with Gasteiger partial charge in [-0.15, -0.1) is 21.5 Å². The van der Waals surface area contributed by atoms with Crippen LogP contribution in [-0.2, 0) is 16.4 Å². The van der Waals surface area contributed by atoms with Crippen LogP contribution in [-0.4, -0.2) is 29.6 Å². The zero-order chi connectivity index (χ0) is 14.9. The molecule has 6 nitrogen and oxygen atoms in total. The molecule has 0 aliphatic carbocycles. The molecule has 0 saturated heterocycles. The third-order valence-corrected chi connectivity index (χ3v) is 5.48. The molecular formula is C12H11ClN4O2S2. The number of nitrogens with one attached hydrogen (secondary N) is 1. The monoisotopic (exact) mass is 342 g/mol. The van der Waals surface area contributed by atoms with Gasteiger partial charge in [0.15, 0.2) is 0 Å². The van der Waals surface area contributed by atoms with Crippen LogP contribution in [0, 0.1) is 0 Å². The van der Waals surface area contributed by atoms with Crippen LogP contribution in [0.4, 0.5) is 0 Å². The van der Waals surface area contributed by atoms with Crippen LogP contribution in [0.2, 0.25) is 5.02 Å². The number of sulfonamides is 1. The molecule has 3 rings (SSSR count). The van der Waals surface area contributed by atoms with Gasteiger partial charge < -0.3 is 0 Å². The molecule has 0 spiro atoms. The van der Waals surface area contributed by atoms with Gasteiger partial charge in [-0.3, -0.25) is 4.40 Å². The normalized spacial score (nSPS) is 12.0. The van der Waals surface area contributed by atoms with Crippen molar-refractivity contribution in [3.05, 3.63) is 46.7 Å². The largest absolute Gasteiger partial charge is 0.276 e. The average Bonchev–Trinajstić information content (AvgIpc) is 3.03. The van der Waals surface area contributed by atoms with Crippen molar-refractivity contribution in [1.82, 2.24) is 19.3 Å². The van der Waals surface area contributed by atoms with Crippen LogP contribution in [0.25, 0.3) is 4.96 Å². The minimum atomic E-state index is -3.55. The zero-order valence-electron chi connectivity index (χ0n) is 10.7. The van der Waals surface area contributed by atoms with E-state index in [2.05, 4.69) is 14.9 Å². The van der Waals surface area contributed by atoms with Crippen LogP contribution in [0.5, 0.6) is 0 Å². The van der Waals surface area contributed by atoms with Gasteiger partial charge in [-0.2, -0.15) is 0 Å². The maximum absolute atomic E-state index is 12.1. The molecule has 0 radical (unpaired) electrons. The molecule has 0 atom stereocenters. The van der Waals surface area contributed by atoms with E-state index in [9.17, 15) is 8.42 Å². The third-order valence-electron chi connectivity index (χ3n) is 2.91. The number of nitrogens with zero attached hydrogens (tertiary/aromatic N) is 3. The molecule has 2 heterocycles. The molecule has 110 valence electrons. The summed E-state index contributed by atoms with van der Waals surface area (Å²) in [5.74, 6) is 0. The summed E-state index contributed by atoms with van der Waals surface area (Å²) in [6.07, 6.45) is 2.17. The molecule has 0 saturated carbocycles. The number of halogens is 1. The summed E-state index contributed by atoms with van der Waals surface area (Å²) in [5.41, 5.74) is 0.966. The highest BCUT2D eigenvalue weighted by atomic mass is 35.5. The second-order valence-corrected chi connectivity index (χ2v) is 7.36. The molecule has 0 bridgehead atoms. The van der Waals surface area contributed by atoms with E-state index >= 15 is 0 Å². The molecule has 0 fully saturated rings. The smallest absolute Gasteiger partial charge is 0.240 e. The van der Waals surface area contributed by atoms with Crippen molar-refractivity contribution < 1.29 is 8.42 Å². The van der Waals surface area contributed by atoms with Crippen LogP contribution in [0.3, 0.4) is 0 Å². The van der Waals surface area contributed by atoms with Crippen LogP contribution >= 0.6 is 22.9 Å². The van der Waals surface area contributed by atoms with Gasteiger partial charge in [-0.25, -0.2) is 13.1 Å². The molecule has 0 unspecified atom stereocenters. The minimum Gasteiger partial charge on any atom is -0.276 e. The second kappa shape index (κ2) is 5.72. The first-order valence-corrected chi connectivity index (χ1v) is 8.82. The van der Waals surface area contributed by atoms with Crippen molar-refractivity contribution in [2.45, 2.75) is 11.3 Å². The van der Waals surface area contributed by atoms with Gasteiger partial charge in [-0.05, 0) is 18.2 Å². The highest BCUT2D eigenvalue weighted by molar-refractivity contribution is 7.89. The number of hydrogen-bond acceptors (Lipinski definition) is 5. The Morgan fingerprint density at radius 1 is 1.38 bits per heavy atom. The molecule has 2 aromatic heterocycles. The van der Waals surface area contributed by atoms with Crippen molar-refractivity contribution >= 4 is 37.9 Å². The first kappa shape index (κ1) is 14.5. The first-order valence-electron chi connectivity index (χ1n) is 6.07. The lowest BCUT2D eigenvalue weighted by Crippen LogP contribution is -2.26. The van der Waals surface area contributed by atoms with Gasteiger partial charge in [0.2, 0.25) is 15.0 Å². The summed E-state index contributed by atoms with van der Waals surface area (Å²) < 4.78 is 28.7. The van der Waals surface area contributed by atoms with Gasteiger partial charge in [-0.1, -0.05) is 17.7 Å². The fourth-order valence-corrected chi connectivity index (χ4v) is 4.07. The zero-order valence-corrected chi connectivity index (χ0v) is 13.1. The van der Waals surface area contributed by atoms with E-state index < -0.39 is 10.0 Å². The number of benzene rings is 1. The van der Waals surface area contributed by atoms with E-state index in [0.29, 0.717) is 18.0 Å². The third kappa shape index (κ3) is 3.08. The Morgan fingerprint density at radius 2 is 2.24 bits per heavy atom. The highest BCUT2D eigenvalue weighted by Gasteiger charge is 2.14. The quantitative estimate of drug-likeness (QED) is 0.769. The van der Waals surface area contributed by atoms with Gasteiger partial charge >= 0.3 is 0 Å². The summed E-state index contributed by atoms with van der Waals surface area (Å²) in [7, 11) is -3.55. The molecule has 1 aromatic carbocycles. The average molecular weight is 343 g/mol. The van der Waals surface area contributed by atoms with Crippen molar-refractivity contribution in [2.75, 3.05) is 6.54 Å². The van der Waals surface area contributed by atoms with E-state index in [1.54, 1.807) is 18.5 Å². The lowest BCUT2D eigenvalue weighted by molar-refractivity contribution is 0.581. The van der Waals surface area contributed by atoms with E-state index in [4.69, 9.17) is 11.6 Å². The van der Waals surface area contributed by atoms with Crippen molar-refractivity contribution in [1.29, 1.82) is 0 Å². The number of aromatic nitrogens is 3. The lowest BCUT2D eigenvalue weighted by atomic mass is 10.3. The SMILES string of the molecule is O=S(=O)(NCCc1csc2nncn12)c1cccc(Cl)c1. The molecule has 0 aliphatic rings. The Labute approximate surface area is 130 Å². The Morgan fingerprint density at radius 3 is 3.05 bits per heavy atom. The summed E-state index contributed by atoms with van der Waals surface area (Å²) in [6, 6.07) is 6.18. The number of fused-ring (bicyclic) bond motifs is 1. The second-order valence-electron chi connectivity index (χ2n) is 4.32. The highest BCUT2D eigenvalue weighted by Crippen LogP contribution is 2.16. The van der Waals surface area contributed by atoms with E-state index in [1.165, 1.54) is 23.5 Å². The molecule has 21 heavy (non-hydrogen) atoms. The van der Waals surface area contributed by atoms with Crippen molar-refractivity contribution in [3.63, 3.8) is 0 Å². The molecule has 3 aromatic rings. The lowest BCUT2D eigenvalue weighted by Gasteiger charge is -2.06. The topological polar surface area (TPSA) is 76.4 Å². The first-order chi connectivity index (χ1) is 10.1. The predicted octanol–water partition coefficient (Wildman–Crippen LogP) is 1.97. The van der Waals surface area contributed by atoms with E-state index in [0.717, 1.165) is 10.7 Å². The Balaban J connectivity index is 1.69. The predicted molar refractivity (Wildman–Crippen MR) is 81.2 cm³/mol. The summed E-state index contributed by atoms with van der Waals surface area (Å²) in [6.45, 7) is 0.291. The minimum absolute atomic E-state index is 0.162. The number of rotatable bonds is 5. The number of hydrogen-bond donors (Lipinski definition) is 1. The molecule has 0 aliphatic heterocycles.